The van der Waals surface area contributed by atoms with E-state index in [1.54, 1.807) is 24.0 Å². The molecule has 0 nitrogen and oxygen atoms in total. The van der Waals surface area contributed by atoms with Crippen LogP contribution >= 0.6 is 7.26 Å². The van der Waals surface area contributed by atoms with Crippen molar-refractivity contribution >= 4 is 7.26 Å². The minimum atomic E-state index is -1.27. The quantitative estimate of drug-likeness (QED) is 0.0729. The first-order chi connectivity index (χ1) is 16.8. The summed E-state index contributed by atoms with van der Waals surface area (Å²) in [7, 11) is -1.27. The second-order valence-corrected chi connectivity index (χ2v) is 16.0. The van der Waals surface area contributed by atoms with E-state index in [2.05, 4.69) is 56.8 Å². The Balaban J connectivity index is 2.67. The zero-order chi connectivity index (χ0) is 24.6. The van der Waals surface area contributed by atoms with E-state index in [4.69, 9.17) is 0 Å². The van der Waals surface area contributed by atoms with Gasteiger partial charge in [-0.25, -0.2) is 0 Å². The second-order valence-electron chi connectivity index (χ2n) is 11.1. The van der Waals surface area contributed by atoms with Gasteiger partial charge in [0.05, 0.1) is 0 Å². The molecule has 0 heterocycles. The Bertz CT molecular complexity index is 533. The molecule has 0 aliphatic rings. The fourth-order valence-electron chi connectivity index (χ4n) is 5.73. The van der Waals surface area contributed by atoms with Crippen LogP contribution in [0.3, 0.4) is 0 Å². The molecule has 1 rings (SSSR count). The Morgan fingerprint density at radius 1 is 0.559 bits per heavy atom. The summed E-state index contributed by atoms with van der Waals surface area (Å²) in [6.07, 6.45) is 35.4. The monoisotopic (exact) mass is 488 g/mol. The predicted molar refractivity (Wildman–Crippen MR) is 162 cm³/mol. The van der Waals surface area contributed by atoms with Gasteiger partial charge in [0, 0.05) is 0 Å². The molecule has 0 atom stereocenters. The Morgan fingerprint density at radius 2 is 0.971 bits per heavy atom. The molecule has 0 spiro atoms. The average Bonchev–Trinajstić information content (AvgIpc) is 2.86. The molecule has 0 bridgehead atoms. The summed E-state index contributed by atoms with van der Waals surface area (Å²) in [5, 5.41) is 0. The first-order valence-corrected chi connectivity index (χ1v) is 18.2. The number of hydrogen-bond acceptors (Lipinski definition) is 0. The van der Waals surface area contributed by atoms with Gasteiger partial charge in [0.1, 0.15) is 0 Å². The zero-order valence-electron chi connectivity index (χ0n) is 23.4. The topological polar surface area (TPSA) is 0 Å². The molecule has 0 unspecified atom stereocenters. The summed E-state index contributed by atoms with van der Waals surface area (Å²) in [6.45, 7) is 8.53. The molecule has 0 saturated heterocycles. The molecule has 0 aliphatic heterocycles. The molecule has 0 N–H and O–H groups in total. The van der Waals surface area contributed by atoms with E-state index in [1.807, 2.05) is 0 Å². The van der Waals surface area contributed by atoms with E-state index in [9.17, 15) is 0 Å². The van der Waals surface area contributed by atoms with E-state index in [-0.39, 0.29) is 0 Å². The molecule has 34 heavy (non-hydrogen) atoms. The van der Waals surface area contributed by atoms with Crippen molar-refractivity contribution in [2.45, 2.75) is 142 Å². The first-order valence-electron chi connectivity index (χ1n) is 15.4. The zero-order valence-corrected chi connectivity index (χ0v) is 24.4. The maximum atomic E-state index is 3.86. The van der Waals surface area contributed by atoms with Crippen molar-refractivity contribution in [1.82, 2.24) is 0 Å². The molecule has 0 saturated carbocycles. The molecule has 0 aliphatic carbocycles. The SMILES string of the molecule is C=CCCCCCCCC[PH](CCCCCCCC)(CCCCCCCC)Cc1ccccc1. The molecule has 1 aromatic rings. The van der Waals surface area contributed by atoms with E-state index in [0.29, 0.717) is 0 Å². The van der Waals surface area contributed by atoms with Gasteiger partial charge in [0.25, 0.3) is 0 Å². The van der Waals surface area contributed by atoms with E-state index < -0.39 is 7.26 Å². The van der Waals surface area contributed by atoms with Crippen molar-refractivity contribution < 1.29 is 0 Å². The van der Waals surface area contributed by atoms with Crippen LogP contribution in [0.15, 0.2) is 43.0 Å². The maximum absolute atomic E-state index is 3.86. The molecule has 198 valence electrons. The van der Waals surface area contributed by atoms with Crippen LogP contribution in [0.5, 0.6) is 0 Å². The second kappa shape index (κ2) is 22.8. The predicted octanol–water partition coefficient (Wildman–Crippen LogP) is 11.6. The van der Waals surface area contributed by atoms with Gasteiger partial charge in [0.15, 0.2) is 0 Å². The van der Waals surface area contributed by atoms with Crippen LogP contribution in [0.25, 0.3) is 0 Å². The fraction of sp³-hybridized carbons (Fsp3) is 0.758. The minimum absolute atomic E-state index is 1.20. The van der Waals surface area contributed by atoms with Gasteiger partial charge in [-0.15, -0.1) is 0 Å². The van der Waals surface area contributed by atoms with Gasteiger partial charge in [-0.3, -0.25) is 0 Å². The van der Waals surface area contributed by atoms with Gasteiger partial charge in [-0.1, -0.05) is 0 Å². The first kappa shape index (κ1) is 31.4. The Hall–Kier alpha value is -0.610. The molecule has 1 heteroatoms. The van der Waals surface area contributed by atoms with Crippen LogP contribution in [0.4, 0.5) is 0 Å². The summed E-state index contributed by atoms with van der Waals surface area (Å²) >= 11 is 0. The Kier molecular flexibility index (Phi) is 21.1. The number of hydrogen-bond donors (Lipinski definition) is 0. The van der Waals surface area contributed by atoms with Crippen molar-refractivity contribution in [2.75, 3.05) is 18.5 Å². The van der Waals surface area contributed by atoms with Crippen LogP contribution in [-0.4, -0.2) is 18.5 Å². The Morgan fingerprint density at radius 3 is 1.41 bits per heavy atom. The third kappa shape index (κ3) is 16.9. The van der Waals surface area contributed by atoms with Crippen molar-refractivity contribution in [2.24, 2.45) is 0 Å². The van der Waals surface area contributed by atoms with Gasteiger partial charge in [-0.05, 0) is 0 Å². The number of unbranched alkanes of at least 4 members (excludes halogenated alkanes) is 16. The number of benzene rings is 1. The molecular weight excluding hydrogens is 427 g/mol. The van der Waals surface area contributed by atoms with Crippen molar-refractivity contribution in [3.63, 3.8) is 0 Å². The van der Waals surface area contributed by atoms with Crippen LogP contribution in [0, 0.1) is 0 Å². The van der Waals surface area contributed by atoms with Gasteiger partial charge in [-0.2, -0.15) is 0 Å². The summed E-state index contributed by atoms with van der Waals surface area (Å²) in [6, 6.07) is 11.6. The van der Waals surface area contributed by atoms with Gasteiger partial charge in [0.2, 0.25) is 0 Å². The molecule has 0 amide bonds. The fourth-order valence-corrected chi connectivity index (χ4v) is 11.1. The normalized spacial score (nSPS) is 12.2. The molecule has 0 fully saturated rings. The number of allylic oxidation sites excluding steroid dienone is 1. The van der Waals surface area contributed by atoms with Crippen molar-refractivity contribution in [1.29, 1.82) is 0 Å². The summed E-state index contributed by atoms with van der Waals surface area (Å²) in [5.41, 5.74) is 1.63. The summed E-state index contributed by atoms with van der Waals surface area (Å²) in [4.78, 5) is 0. The van der Waals surface area contributed by atoms with E-state index in [1.165, 1.54) is 128 Å². The molecule has 0 radical (unpaired) electrons. The molecular formula is C33H61P. The summed E-state index contributed by atoms with van der Waals surface area (Å²) in [5.74, 6) is 0. The van der Waals surface area contributed by atoms with Gasteiger partial charge >= 0.3 is 216 Å². The van der Waals surface area contributed by atoms with Crippen LogP contribution in [-0.2, 0) is 6.16 Å². The third-order valence-electron chi connectivity index (χ3n) is 7.91. The van der Waals surface area contributed by atoms with Crippen molar-refractivity contribution in [3.8, 4) is 0 Å². The third-order valence-corrected chi connectivity index (χ3v) is 13.3. The molecule has 0 aromatic heterocycles. The van der Waals surface area contributed by atoms with Crippen molar-refractivity contribution in [3.05, 3.63) is 48.6 Å². The van der Waals surface area contributed by atoms with Crippen LogP contribution < -0.4 is 0 Å². The van der Waals surface area contributed by atoms with E-state index >= 15 is 0 Å². The van der Waals surface area contributed by atoms with Gasteiger partial charge < -0.3 is 0 Å². The van der Waals surface area contributed by atoms with Crippen LogP contribution in [0.1, 0.15) is 141 Å². The Labute approximate surface area is 216 Å². The van der Waals surface area contributed by atoms with Crippen LogP contribution in [0.2, 0.25) is 0 Å². The number of rotatable bonds is 25. The standard InChI is InChI=1S/C33H61P/c1-4-7-10-13-16-17-20-26-31-34(29-24-18-14-11-8-5-2,30-25-19-15-12-9-6-3)32-33-27-22-21-23-28-33/h4,21-23,27-28,34H,1,5-20,24-26,29-32H2,2-3H3. The molecule has 1 aromatic carbocycles. The summed E-state index contributed by atoms with van der Waals surface area (Å²) < 4.78 is 0. The average molecular weight is 489 g/mol. The van der Waals surface area contributed by atoms with E-state index in [0.717, 1.165) is 0 Å².